The highest BCUT2D eigenvalue weighted by molar-refractivity contribution is 5.80. The van der Waals surface area contributed by atoms with Crippen molar-refractivity contribution < 1.29 is 14.3 Å². The van der Waals surface area contributed by atoms with Gasteiger partial charge in [-0.05, 0) is 31.6 Å². The molecule has 0 aromatic rings. The lowest BCUT2D eigenvalue weighted by molar-refractivity contribution is -0.136. The fourth-order valence-corrected chi connectivity index (χ4v) is 3.82. The van der Waals surface area contributed by atoms with Crippen molar-refractivity contribution in [3.8, 4) is 0 Å². The molecular weight excluding hydrogens is 256 g/mol. The molecular formula is C15H24N2O3. The molecule has 0 saturated carbocycles. The molecule has 0 unspecified atom stereocenters. The maximum Gasteiger partial charge on any atom is 0.222 e. The number of amides is 2. The molecule has 3 fully saturated rings. The summed E-state index contributed by atoms with van der Waals surface area (Å²) in [4.78, 5) is 27.9. The second-order valence-corrected chi connectivity index (χ2v) is 6.49. The fraction of sp³-hybridized carbons (Fsp3) is 0.867. The van der Waals surface area contributed by atoms with Crippen molar-refractivity contribution in [2.24, 2.45) is 5.92 Å². The molecule has 3 aliphatic heterocycles. The van der Waals surface area contributed by atoms with Crippen molar-refractivity contribution in [3.63, 3.8) is 0 Å². The highest BCUT2D eigenvalue weighted by Gasteiger charge is 2.45. The first-order chi connectivity index (χ1) is 9.61. The Kier molecular flexibility index (Phi) is 3.71. The molecule has 2 amide bonds. The van der Waals surface area contributed by atoms with E-state index in [2.05, 4.69) is 0 Å². The Balaban J connectivity index is 1.53. The van der Waals surface area contributed by atoms with Gasteiger partial charge in [0.2, 0.25) is 11.8 Å². The minimum Gasteiger partial charge on any atom is -0.381 e. The highest BCUT2D eigenvalue weighted by atomic mass is 16.5. The number of nitrogens with zero attached hydrogens (tertiary/aromatic N) is 2. The van der Waals surface area contributed by atoms with Crippen LogP contribution in [0.1, 0.15) is 38.5 Å². The molecule has 3 heterocycles. The predicted molar refractivity (Wildman–Crippen MR) is 74.1 cm³/mol. The third-order valence-electron chi connectivity index (χ3n) is 5.42. The van der Waals surface area contributed by atoms with Crippen LogP contribution in [0.4, 0.5) is 0 Å². The molecule has 0 bridgehead atoms. The SMILES string of the molecule is CN1C(=O)CCC12CCN(C(=O)C[C@H]1CCOC1)CC2. The molecule has 0 aromatic carbocycles. The summed E-state index contributed by atoms with van der Waals surface area (Å²) in [7, 11) is 1.92. The molecule has 3 saturated heterocycles. The maximum atomic E-state index is 12.3. The number of carbonyl (C=O) groups excluding carboxylic acids is 2. The Labute approximate surface area is 120 Å². The van der Waals surface area contributed by atoms with E-state index in [0.717, 1.165) is 52.0 Å². The number of hydrogen-bond donors (Lipinski definition) is 0. The molecule has 5 heteroatoms. The smallest absolute Gasteiger partial charge is 0.222 e. The predicted octanol–water partition coefficient (Wildman–Crippen LogP) is 1.03. The van der Waals surface area contributed by atoms with Crippen molar-refractivity contribution in [3.05, 3.63) is 0 Å². The van der Waals surface area contributed by atoms with Crippen LogP contribution in [0.3, 0.4) is 0 Å². The van der Waals surface area contributed by atoms with Crippen LogP contribution in [0, 0.1) is 5.92 Å². The summed E-state index contributed by atoms with van der Waals surface area (Å²) in [5, 5.41) is 0. The largest absolute Gasteiger partial charge is 0.381 e. The minimum absolute atomic E-state index is 0.0321. The van der Waals surface area contributed by atoms with Gasteiger partial charge < -0.3 is 14.5 Å². The molecule has 20 heavy (non-hydrogen) atoms. The Bertz CT molecular complexity index is 396. The molecule has 0 aromatic heterocycles. The Morgan fingerprint density at radius 3 is 2.65 bits per heavy atom. The fourth-order valence-electron chi connectivity index (χ4n) is 3.82. The summed E-state index contributed by atoms with van der Waals surface area (Å²) in [6.45, 7) is 3.13. The summed E-state index contributed by atoms with van der Waals surface area (Å²) >= 11 is 0. The van der Waals surface area contributed by atoms with Crippen LogP contribution in [-0.4, -0.2) is 60.5 Å². The lowest BCUT2D eigenvalue weighted by Gasteiger charge is -2.43. The van der Waals surface area contributed by atoms with Gasteiger partial charge in [0.1, 0.15) is 0 Å². The number of likely N-dealkylation sites (tertiary alicyclic amines) is 2. The monoisotopic (exact) mass is 280 g/mol. The Morgan fingerprint density at radius 1 is 1.35 bits per heavy atom. The minimum atomic E-state index is 0.0321. The second kappa shape index (κ2) is 5.35. The Morgan fingerprint density at radius 2 is 2.10 bits per heavy atom. The third-order valence-corrected chi connectivity index (χ3v) is 5.42. The quantitative estimate of drug-likeness (QED) is 0.759. The zero-order valence-electron chi connectivity index (χ0n) is 12.3. The maximum absolute atomic E-state index is 12.3. The van der Waals surface area contributed by atoms with E-state index < -0.39 is 0 Å². The lowest BCUT2D eigenvalue weighted by Crippen LogP contribution is -2.52. The van der Waals surface area contributed by atoms with Gasteiger partial charge in [-0.15, -0.1) is 0 Å². The van der Waals surface area contributed by atoms with Crippen molar-refractivity contribution in [1.82, 2.24) is 9.80 Å². The van der Waals surface area contributed by atoms with Crippen LogP contribution < -0.4 is 0 Å². The van der Waals surface area contributed by atoms with Gasteiger partial charge in [-0.2, -0.15) is 0 Å². The molecule has 5 nitrogen and oxygen atoms in total. The van der Waals surface area contributed by atoms with E-state index in [-0.39, 0.29) is 17.4 Å². The van der Waals surface area contributed by atoms with Crippen molar-refractivity contribution in [1.29, 1.82) is 0 Å². The summed E-state index contributed by atoms with van der Waals surface area (Å²) < 4.78 is 5.33. The van der Waals surface area contributed by atoms with Gasteiger partial charge in [-0.1, -0.05) is 0 Å². The van der Waals surface area contributed by atoms with Crippen LogP contribution in [0.5, 0.6) is 0 Å². The number of hydrogen-bond acceptors (Lipinski definition) is 3. The molecule has 0 radical (unpaired) electrons. The second-order valence-electron chi connectivity index (χ2n) is 6.49. The first kappa shape index (κ1) is 13.9. The van der Waals surface area contributed by atoms with E-state index in [1.165, 1.54) is 0 Å². The van der Waals surface area contributed by atoms with Crippen LogP contribution >= 0.6 is 0 Å². The van der Waals surface area contributed by atoms with Crippen molar-refractivity contribution in [2.75, 3.05) is 33.4 Å². The van der Waals surface area contributed by atoms with Crippen LogP contribution in [0.2, 0.25) is 0 Å². The number of carbonyl (C=O) groups is 2. The molecule has 0 N–H and O–H groups in total. The topological polar surface area (TPSA) is 49.9 Å². The summed E-state index contributed by atoms with van der Waals surface area (Å²) in [6.07, 6.45) is 5.14. The van der Waals surface area contributed by atoms with E-state index in [9.17, 15) is 9.59 Å². The zero-order valence-corrected chi connectivity index (χ0v) is 12.3. The number of ether oxygens (including phenoxy) is 1. The first-order valence-corrected chi connectivity index (χ1v) is 7.73. The van der Waals surface area contributed by atoms with Crippen LogP contribution in [0.25, 0.3) is 0 Å². The Hall–Kier alpha value is -1.10. The van der Waals surface area contributed by atoms with Crippen molar-refractivity contribution >= 4 is 11.8 Å². The zero-order chi connectivity index (χ0) is 14.2. The average molecular weight is 280 g/mol. The molecule has 1 atom stereocenters. The van der Waals surface area contributed by atoms with Crippen LogP contribution in [-0.2, 0) is 14.3 Å². The third kappa shape index (κ3) is 2.43. The van der Waals surface area contributed by atoms with Gasteiger partial charge in [-0.25, -0.2) is 0 Å². The summed E-state index contributed by atoms with van der Waals surface area (Å²) in [5.41, 5.74) is 0.0321. The van der Waals surface area contributed by atoms with Gasteiger partial charge in [0.15, 0.2) is 0 Å². The van der Waals surface area contributed by atoms with Gasteiger partial charge in [-0.3, -0.25) is 9.59 Å². The molecule has 3 aliphatic rings. The van der Waals surface area contributed by atoms with E-state index >= 15 is 0 Å². The highest BCUT2D eigenvalue weighted by Crippen LogP contribution is 2.38. The first-order valence-electron chi connectivity index (χ1n) is 7.73. The van der Waals surface area contributed by atoms with E-state index in [0.29, 0.717) is 18.8 Å². The average Bonchev–Trinajstić information content (AvgIpc) is 3.05. The van der Waals surface area contributed by atoms with E-state index in [1.54, 1.807) is 0 Å². The standard InChI is InChI=1S/C15H24N2O3/c1-16-13(18)2-4-15(16)5-7-17(8-6-15)14(19)10-12-3-9-20-11-12/h12H,2-11H2,1H3/t12-/m1/s1. The lowest BCUT2D eigenvalue weighted by atomic mass is 9.85. The molecule has 3 rings (SSSR count). The normalized spacial score (nSPS) is 29.4. The van der Waals surface area contributed by atoms with Gasteiger partial charge >= 0.3 is 0 Å². The van der Waals surface area contributed by atoms with Crippen LogP contribution in [0.15, 0.2) is 0 Å². The van der Waals surface area contributed by atoms with E-state index in [4.69, 9.17) is 4.74 Å². The summed E-state index contributed by atoms with van der Waals surface area (Å²) in [5.74, 6) is 0.935. The molecule has 112 valence electrons. The summed E-state index contributed by atoms with van der Waals surface area (Å²) in [6, 6.07) is 0. The van der Waals surface area contributed by atoms with Crippen molar-refractivity contribution in [2.45, 2.75) is 44.1 Å². The van der Waals surface area contributed by atoms with E-state index in [1.807, 2.05) is 16.8 Å². The number of rotatable bonds is 2. The van der Waals surface area contributed by atoms with Gasteiger partial charge in [0.25, 0.3) is 0 Å². The molecule has 0 aliphatic carbocycles. The molecule has 1 spiro atoms. The van der Waals surface area contributed by atoms with Gasteiger partial charge in [0.05, 0.1) is 0 Å². The number of piperidine rings is 1. The van der Waals surface area contributed by atoms with Gasteiger partial charge in [0, 0.05) is 51.7 Å².